The molecule has 7 heteroatoms. The van der Waals surface area contributed by atoms with Crippen molar-refractivity contribution in [2.24, 2.45) is 5.92 Å². The van der Waals surface area contributed by atoms with Gasteiger partial charge in [-0.3, -0.25) is 0 Å². The van der Waals surface area contributed by atoms with E-state index in [0.717, 1.165) is 37.5 Å². The van der Waals surface area contributed by atoms with Gasteiger partial charge >= 0.3 is 0 Å². The summed E-state index contributed by atoms with van der Waals surface area (Å²) in [7, 11) is 0. The molecular formula is C19H19ClF2N2O2. The van der Waals surface area contributed by atoms with Gasteiger partial charge in [-0.15, -0.1) is 0 Å². The van der Waals surface area contributed by atoms with E-state index in [1.54, 1.807) is 6.07 Å². The van der Waals surface area contributed by atoms with E-state index in [2.05, 4.69) is 9.97 Å². The van der Waals surface area contributed by atoms with Gasteiger partial charge in [-0.2, -0.15) is 9.37 Å². The summed E-state index contributed by atoms with van der Waals surface area (Å²) < 4.78 is 33.1. The number of halogens is 3. The molecule has 0 radical (unpaired) electrons. The van der Waals surface area contributed by atoms with Crippen molar-refractivity contribution in [1.82, 2.24) is 9.97 Å². The first-order chi connectivity index (χ1) is 12.6. The Kier molecular flexibility index (Phi) is 6.16. The molecule has 3 rings (SSSR count). The highest BCUT2D eigenvalue weighted by molar-refractivity contribution is 6.30. The Balaban J connectivity index is 1.72. The monoisotopic (exact) mass is 380 g/mol. The van der Waals surface area contributed by atoms with Crippen molar-refractivity contribution in [2.45, 2.75) is 32.3 Å². The van der Waals surface area contributed by atoms with Gasteiger partial charge in [-0.05, 0) is 49.3 Å². The van der Waals surface area contributed by atoms with Crippen LogP contribution >= 0.6 is 11.6 Å². The Bertz CT molecular complexity index is 814. The van der Waals surface area contributed by atoms with Gasteiger partial charge in [0.2, 0.25) is 5.82 Å². The van der Waals surface area contributed by atoms with Gasteiger partial charge in [0.1, 0.15) is 12.4 Å². The van der Waals surface area contributed by atoms with Crippen molar-refractivity contribution in [3.8, 4) is 5.88 Å². The highest BCUT2D eigenvalue weighted by Gasteiger charge is 2.18. The Morgan fingerprint density at radius 1 is 1.27 bits per heavy atom. The Morgan fingerprint density at radius 3 is 2.81 bits per heavy atom. The van der Waals surface area contributed by atoms with E-state index in [1.165, 1.54) is 12.1 Å². The minimum Gasteiger partial charge on any atom is -0.471 e. The maximum atomic E-state index is 14.0. The number of hydrogen-bond acceptors (Lipinski definition) is 4. The molecule has 1 aromatic heterocycles. The van der Waals surface area contributed by atoms with Crippen LogP contribution in [0.5, 0.6) is 5.88 Å². The van der Waals surface area contributed by atoms with Crippen LogP contribution in [0.3, 0.4) is 0 Å². The molecule has 26 heavy (non-hydrogen) atoms. The zero-order valence-electron chi connectivity index (χ0n) is 14.1. The van der Waals surface area contributed by atoms with E-state index in [-0.39, 0.29) is 29.7 Å². The number of nitrogens with zero attached hydrogens (tertiary/aromatic N) is 2. The maximum absolute atomic E-state index is 14.0. The number of benzene rings is 1. The number of rotatable bonds is 6. The summed E-state index contributed by atoms with van der Waals surface area (Å²) in [6.45, 7) is 0.0220. The molecule has 1 atom stereocenters. The maximum Gasteiger partial charge on any atom is 0.254 e. The molecular weight excluding hydrogens is 362 g/mol. The molecule has 0 bridgehead atoms. The van der Waals surface area contributed by atoms with Gasteiger partial charge in [-0.1, -0.05) is 23.7 Å². The molecule has 1 N–H and O–H groups in total. The summed E-state index contributed by atoms with van der Waals surface area (Å²) in [6.07, 6.45) is 6.40. The number of aliphatic hydroxyl groups excluding tert-OH is 1. The molecule has 1 aliphatic carbocycles. The number of aromatic nitrogens is 2. The van der Waals surface area contributed by atoms with Crippen molar-refractivity contribution in [2.75, 3.05) is 6.61 Å². The summed E-state index contributed by atoms with van der Waals surface area (Å²) in [5, 5.41) is 9.30. The topological polar surface area (TPSA) is 55.2 Å². The number of aliphatic hydroxyl groups is 1. The van der Waals surface area contributed by atoms with Crippen LogP contribution in [0.15, 0.2) is 30.5 Å². The van der Waals surface area contributed by atoms with Crippen LogP contribution in [-0.2, 0) is 6.61 Å². The molecule has 0 amide bonds. The third-order valence-corrected chi connectivity index (χ3v) is 4.67. The molecule has 2 aromatic rings. The molecule has 0 saturated carbocycles. The van der Waals surface area contributed by atoms with Crippen molar-refractivity contribution in [3.05, 3.63) is 58.5 Å². The first-order valence-electron chi connectivity index (χ1n) is 8.46. The number of allylic oxidation sites excluding steroid dienone is 2. The SMILES string of the molecule is OCCC1CC=C(c2ncc(F)c(OCc3ccc(Cl)cc3F)n2)CC1. The van der Waals surface area contributed by atoms with Gasteiger partial charge < -0.3 is 9.84 Å². The lowest BCUT2D eigenvalue weighted by molar-refractivity contribution is 0.251. The predicted octanol–water partition coefficient (Wildman–Crippen LogP) is 4.55. The fraction of sp³-hybridized carbons (Fsp3) is 0.368. The van der Waals surface area contributed by atoms with E-state index in [1.807, 2.05) is 6.08 Å². The standard InChI is InChI=1S/C19H19ClF2N2O2/c20-15-6-5-14(16(21)9-15)11-26-19-17(22)10-23-18(24-19)13-3-1-12(2-4-13)7-8-25/h3,5-6,9-10,12,25H,1-2,4,7-8,11H2. The molecule has 4 nitrogen and oxygen atoms in total. The van der Waals surface area contributed by atoms with E-state index in [9.17, 15) is 8.78 Å². The molecule has 138 valence electrons. The van der Waals surface area contributed by atoms with Gasteiger partial charge in [0.05, 0.1) is 6.20 Å². The highest BCUT2D eigenvalue weighted by Crippen LogP contribution is 2.31. The summed E-state index contributed by atoms with van der Waals surface area (Å²) >= 11 is 5.71. The van der Waals surface area contributed by atoms with Crippen LogP contribution in [0.4, 0.5) is 8.78 Å². The van der Waals surface area contributed by atoms with E-state index in [0.29, 0.717) is 11.7 Å². The number of hydrogen-bond donors (Lipinski definition) is 1. The van der Waals surface area contributed by atoms with Crippen LogP contribution < -0.4 is 4.74 Å². The van der Waals surface area contributed by atoms with Crippen molar-refractivity contribution in [1.29, 1.82) is 0 Å². The van der Waals surface area contributed by atoms with Crippen LogP contribution in [-0.4, -0.2) is 21.7 Å². The van der Waals surface area contributed by atoms with E-state index < -0.39 is 11.6 Å². The lowest BCUT2D eigenvalue weighted by Gasteiger charge is -2.20. The first kappa shape index (κ1) is 18.7. The molecule has 0 fully saturated rings. The van der Waals surface area contributed by atoms with Crippen LogP contribution in [0.2, 0.25) is 5.02 Å². The third-order valence-electron chi connectivity index (χ3n) is 4.44. The normalized spacial score (nSPS) is 17.1. The van der Waals surface area contributed by atoms with E-state index >= 15 is 0 Å². The smallest absolute Gasteiger partial charge is 0.254 e. The van der Waals surface area contributed by atoms with Crippen LogP contribution in [0.1, 0.15) is 37.1 Å². The van der Waals surface area contributed by atoms with Crippen molar-refractivity contribution >= 4 is 17.2 Å². The zero-order chi connectivity index (χ0) is 18.5. The molecule has 0 aliphatic heterocycles. The average molecular weight is 381 g/mol. The summed E-state index contributed by atoms with van der Waals surface area (Å²) in [6, 6.07) is 4.21. The lowest BCUT2D eigenvalue weighted by Crippen LogP contribution is -2.10. The second kappa shape index (κ2) is 8.56. The minimum absolute atomic E-state index is 0.159. The van der Waals surface area contributed by atoms with Gasteiger partial charge in [0, 0.05) is 17.2 Å². The average Bonchev–Trinajstić information content (AvgIpc) is 2.63. The second-order valence-electron chi connectivity index (χ2n) is 6.25. The van der Waals surface area contributed by atoms with Crippen molar-refractivity contribution < 1.29 is 18.6 Å². The van der Waals surface area contributed by atoms with Crippen LogP contribution in [0, 0.1) is 17.6 Å². The minimum atomic E-state index is -0.697. The van der Waals surface area contributed by atoms with E-state index in [4.69, 9.17) is 21.4 Å². The Hall–Kier alpha value is -2.05. The van der Waals surface area contributed by atoms with Crippen molar-refractivity contribution in [3.63, 3.8) is 0 Å². The van der Waals surface area contributed by atoms with Gasteiger partial charge in [0.15, 0.2) is 5.82 Å². The molecule has 1 aliphatic rings. The largest absolute Gasteiger partial charge is 0.471 e. The third kappa shape index (κ3) is 4.56. The predicted molar refractivity (Wildman–Crippen MR) is 94.8 cm³/mol. The molecule has 1 unspecified atom stereocenters. The Labute approximate surface area is 155 Å². The molecule has 0 spiro atoms. The summed E-state index contributed by atoms with van der Waals surface area (Å²) in [5.41, 5.74) is 1.19. The van der Waals surface area contributed by atoms with Gasteiger partial charge in [0.25, 0.3) is 5.88 Å². The Morgan fingerprint density at radius 2 is 2.12 bits per heavy atom. The summed E-state index contributed by atoms with van der Waals surface area (Å²) in [5.74, 6) is -0.550. The fourth-order valence-corrected chi connectivity index (χ4v) is 3.09. The molecule has 1 aromatic carbocycles. The number of ether oxygens (including phenoxy) is 1. The second-order valence-corrected chi connectivity index (χ2v) is 6.69. The molecule has 1 heterocycles. The molecule has 0 saturated heterocycles. The van der Waals surface area contributed by atoms with Crippen LogP contribution in [0.25, 0.3) is 5.57 Å². The fourth-order valence-electron chi connectivity index (χ4n) is 2.93. The highest BCUT2D eigenvalue weighted by atomic mass is 35.5. The first-order valence-corrected chi connectivity index (χ1v) is 8.84. The summed E-state index contributed by atoms with van der Waals surface area (Å²) in [4.78, 5) is 8.20. The lowest BCUT2D eigenvalue weighted by atomic mass is 9.87. The van der Waals surface area contributed by atoms with Gasteiger partial charge in [-0.25, -0.2) is 9.37 Å². The quantitative estimate of drug-likeness (QED) is 0.798. The zero-order valence-corrected chi connectivity index (χ0v) is 14.8.